The SMILES string of the molecule is c1ccc(-c2cccc(-n3c4ccccc4c4cc(-c5ccc(-c6ccc7c(c6)c6ccccc6n7-c6ccccc6)cc5)ccc43)c2)cc1.c1ccc(-c2cccc(-n3c4ccccc4c4cc(-c5ccc6c(c5)c5ccccc5n6-c5ccc6ccccc6c5)ccc43)c2)cc1.c1ccc(-n2c3ccccc3c3cc(-c4ccc5c(c4)c4ccccc4n5-c4ccc5ccccc5c4)ccc32)cc1. The molecule has 6 nitrogen and oxygen atoms in total. The smallest absolute Gasteiger partial charge is 0.0541 e. The summed E-state index contributed by atoms with van der Waals surface area (Å²) >= 11 is 0. The zero-order chi connectivity index (χ0) is 92.2. The van der Waals surface area contributed by atoms with Gasteiger partial charge in [-0.05, 0) is 270 Å². The summed E-state index contributed by atoms with van der Waals surface area (Å²) in [5, 5.41) is 20.2. The number of aromatic nitrogens is 6. The van der Waals surface area contributed by atoms with Gasteiger partial charge in [-0.3, -0.25) is 0 Å². The van der Waals surface area contributed by atoms with Crippen LogP contribution in [0, 0.1) is 0 Å². The van der Waals surface area contributed by atoms with E-state index in [1.54, 1.807) is 0 Å². The molecule has 0 N–H and O–H groups in total. The second-order valence-corrected chi connectivity index (χ2v) is 36.7. The zero-order valence-corrected chi connectivity index (χ0v) is 76.5. The van der Waals surface area contributed by atoms with Crippen molar-refractivity contribution in [2.45, 2.75) is 0 Å². The minimum atomic E-state index is 1.17. The van der Waals surface area contributed by atoms with E-state index in [1.807, 2.05) is 0 Å². The first kappa shape index (κ1) is 81.0. The number of rotatable bonds is 12. The lowest BCUT2D eigenvalue weighted by Gasteiger charge is -2.11. The molecule has 0 bridgehead atoms. The number of hydrogen-bond acceptors (Lipinski definition) is 0. The van der Waals surface area contributed by atoms with Crippen molar-refractivity contribution in [2.75, 3.05) is 0 Å². The Bertz CT molecular complexity index is 9940. The summed E-state index contributed by atoms with van der Waals surface area (Å²) in [7, 11) is 0. The predicted molar refractivity (Wildman–Crippen MR) is 593 cm³/mol. The molecule has 0 atom stereocenters. The molecule has 654 valence electrons. The highest BCUT2D eigenvalue weighted by molar-refractivity contribution is 6.17. The van der Waals surface area contributed by atoms with E-state index in [2.05, 4.69) is 561 Å². The molecular weight excluding hydrogens is 1690 g/mol. The minimum absolute atomic E-state index is 1.17. The van der Waals surface area contributed by atoms with Crippen molar-refractivity contribution in [1.82, 2.24) is 27.4 Å². The second kappa shape index (κ2) is 33.8. The molecule has 0 saturated heterocycles. The molecule has 0 aliphatic heterocycles. The fourth-order valence-corrected chi connectivity index (χ4v) is 22.1. The van der Waals surface area contributed by atoms with Gasteiger partial charge < -0.3 is 27.4 Å². The molecule has 6 aromatic heterocycles. The van der Waals surface area contributed by atoms with Crippen molar-refractivity contribution in [3.05, 3.63) is 534 Å². The van der Waals surface area contributed by atoms with E-state index in [-0.39, 0.29) is 0 Å². The molecule has 140 heavy (non-hydrogen) atoms. The summed E-state index contributed by atoms with van der Waals surface area (Å²) in [6, 6.07) is 194. The second-order valence-electron chi connectivity index (χ2n) is 36.7. The summed E-state index contributed by atoms with van der Waals surface area (Å²) < 4.78 is 14.3. The van der Waals surface area contributed by atoms with Gasteiger partial charge in [-0.15, -0.1) is 0 Å². The van der Waals surface area contributed by atoms with Gasteiger partial charge in [0.15, 0.2) is 0 Å². The van der Waals surface area contributed by atoms with Crippen LogP contribution < -0.4 is 0 Å². The highest BCUT2D eigenvalue weighted by Crippen LogP contribution is 2.46. The Kier molecular flexibility index (Phi) is 19.5. The van der Waals surface area contributed by atoms with Crippen LogP contribution in [0.15, 0.2) is 534 Å². The van der Waals surface area contributed by atoms with E-state index in [9.17, 15) is 0 Å². The van der Waals surface area contributed by atoms with Gasteiger partial charge >= 0.3 is 0 Å². The lowest BCUT2D eigenvalue weighted by molar-refractivity contribution is 1.18. The fourth-order valence-electron chi connectivity index (χ4n) is 22.1. The molecule has 6 heterocycles. The maximum Gasteiger partial charge on any atom is 0.0541 e. The molecular formula is C134H88N6. The largest absolute Gasteiger partial charge is 0.309 e. The molecule has 0 unspecified atom stereocenters. The quantitative estimate of drug-likeness (QED) is 0.117. The fraction of sp³-hybridized carbons (Fsp3) is 0. The van der Waals surface area contributed by atoms with Crippen LogP contribution in [0.1, 0.15) is 0 Å². The van der Waals surface area contributed by atoms with Crippen LogP contribution in [0.2, 0.25) is 0 Å². The summed E-state index contributed by atoms with van der Waals surface area (Å²) in [5.74, 6) is 0. The first-order valence-corrected chi connectivity index (χ1v) is 48.2. The van der Waals surface area contributed by atoms with E-state index in [1.165, 1.54) is 253 Å². The van der Waals surface area contributed by atoms with Gasteiger partial charge in [0.1, 0.15) is 0 Å². The monoisotopic (exact) mass is 1780 g/mol. The van der Waals surface area contributed by atoms with Crippen LogP contribution in [-0.4, -0.2) is 27.4 Å². The lowest BCUT2D eigenvalue weighted by atomic mass is 9.98. The molecule has 29 aromatic rings. The molecule has 0 amide bonds. The molecule has 6 heteroatoms. The number of hydrogen-bond donors (Lipinski definition) is 0. The maximum atomic E-state index is 2.40. The van der Waals surface area contributed by atoms with Crippen LogP contribution in [0.4, 0.5) is 0 Å². The van der Waals surface area contributed by atoms with E-state index in [0.29, 0.717) is 0 Å². The van der Waals surface area contributed by atoms with Crippen LogP contribution in [0.25, 0.3) is 253 Å². The normalized spacial score (nSPS) is 11.7. The Morgan fingerprint density at radius 1 is 0.0857 bits per heavy atom. The minimum Gasteiger partial charge on any atom is -0.309 e. The first-order chi connectivity index (χ1) is 69.4. The Morgan fingerprint density at radius 3 is 0.543 bits per heavy atom. The molecule has 0 spiro atoms. The summed E-state index contributed by atoms with van der Waals surface area (Å²) in [4.78, 5) is 0. The standard InChI is InChI=1S/C48H32N2.C46H30N2.C40H26N2/c1-3-12-33(13-4-1)36-14-11-17-40(30-36)50-46-21-10-8-19-42(46)44-32-38(27-29-48(44)50)35-24-22-34(23-25-35)37-26-28-47-43(31-37)41-18-7-9-20-45(41)49(47)39-15-5-2-6-16-39;1-2-11-31(12-3-1)34-15-10-16-37(27-34)47-43-19-8-6-17-39(43)41-29-35(22-25-45(41)47)36-23-26-46-42(30-36)40-18-7-9-20-44(40)48(46)38-24-21-32-13-4-5-14-33(32)28-38;1-2-12-31(13-3-1)41-37-16-8-6-14-33(37)35-25-29(19-22-39(35)41)30-20-23-40-36(26-30)34-15-7-9-17-38(34)42(40)32-21-18-27-10-4-5-11-28(27)24-32/h1-32H;1-30H;1-26H. The number of fused-ring (bicyclic) bond motifs is 20. The van der Waals surface area contributed by atoms with Gasteiger partial charge in [0.2, 0.25) is 0 Å². The summed E-state index contributed by atoms with van der Waals surface area (Å²) in [6.45, 7) is 0. The van der Waals surface area contributed by atoms with E-state index < -0.39 is 0 Å². The third-order valence-corrected chi connectivity index (χ3v) is 28.7. The highest BCUT2D eigenvalue weighted by atomic mass is 15.0. The molecule has 23 aromatic carbocycles. The van der Waals surface area contributed by atoms with E-state index in [0.717, 1.165) is 0 Å². The van der Waals surface area contributed by atoms with Gasteiger partial charge in [0.05, 0.1) is 66.2 Å². The lowest BCUT2D eigenvalue weighted by Crippen LogP contribution is -1.94. The van der Waals surface area contributed by atoms with Crippen LogP contribution >= 0.6 is 0 Å². The van der Waals surface area contributed by atoms with E-state index in [4.69, 9.17) is 0 Å². The zero-order valence-electron chi connectivity index (χ0n) is 76.5. The molecule has 0 fully saturated rings. The average molecular weight is 1780 g/mol. The van der Waals surface area contributed by atoms with Gasteiger partial charge in [-0.2, -0.15) is 0 Å². The molecule has 0 radical (unpaired) electrons. The Hall–Kier alpha value is -18.6. The van der Waals surface area contributed by atoms with Gasteiger partial charge in [-0.1, -0.05) is 352 Å². The van der Waals surface area contributed by atoms with Crippen LogP contribution in [0.5, 0.6) is 0 Å². The van der Waals surface area contributed by atoms with Crippen molar-refractivity contribution in [3.8, 4) is 101 Å². The van der Waals surface area contributed by atoms with Gasteiger partial charge in [0, 0.05) is 98.8 Å². The van der Waals surface area contributed by atoms with Gasteiger partial charge in [-0.25, -0.2) is 0 Å². The topological polar surface area (TPSA) is 29.6 Å². The third kappa shape index (κ3) is 13.9. The average Bonchev–Trinajstić information content (AvgIpc) is 1.60. The maximum absolute atomic E-state index is 2.40. The number of para-hydroxylation sites is 8. The van der Waals surface area contributed by atoms with Crippen molar-refractivity contribution in [2.24, 2.45) is 0 Å². The van der Waals surface area contributed by atoms with Crippen molar-refractivity contribution in [1.29, 1.82) is 0 Å². The number of benzene rings is 23. The highest BCUT2D eigenvalue weighted by Gasteiger charge is 2.23. The third-order valence-electron chi connectivity index (χ3n) is 28.7. The number of nitrogens with zero attached hydrogens (tertiary/aromatic N) is 6. The van der Waals surface area contributed by atoms with Crippen molar-refractivity contribution in [3.63, 3.8) is 0 Å². The Labute approximate surface area is 808 Å². The van der Waals surface area contributed by atoms with Crippen LogP contribution in [-0.2, 0) is 0 Å². The van der Waals surface area contributed by atoms with Crippen LogP contribution in [0.3, 0.4) is 0 Å². The van der Waals surface area contributed by atoms with Crippen molar-refractivity contribution >= 4 is 152 Å². The van der Waals surface area contributed by atoms with Crippen molar-refractivity contribution < 1.29 is 0 Å². The first-order valence-electron chi connectivity index (χ1n) is 48.2. The predicted octanol–water partition coefficient (Wildman–Crippen LogP) is 36.0. The van der Waals surface area contributed by atoms with Gasteiger partial charge in [0.25, 0.3) is 0 Å². The summed E-state index contributed by atoms with van der Waals surface area (Å²) in [6.07, 6.45) is 0. The molecule has 0 aliphatic carbocycles. The Balaban J connectivity index is 0.000000106. The molecule has 0 aliphatic rings. The summed E-state index contributed by atoms with van der Waals surface area (Å²) in [5.41, 5.74) is 36.3. The molecule has 0 saturated carbocycles. The van der Waals surface area contributed by atoms with E-state index >= 15 is 0 Å². The molecule has 29 rings (SSSR count). The Morgan fingerprint density at radius 2 is 0.264 bits per heavy atom.